The zero-order valence-electron chi connectivity index (χ0n) is 15.8. The number of hydrogen-bond acceptors (Lipinski definition) is 6. The van der Waals surface area contributed by atoms with Crippen LogP contribution in [0.4, 0.5) is 5.69 Å². The van der Waals surface area contributed by atoms with Crippen molar-refractivity contribution in [3.8, 4) is 11.4 Å². The van der Waals surface area contributed by atoms with Crippen molar-refractivity contribution in [2.24, 2.45) is 0 Å². The van der Waals surface area contributed by atoms with Crippen LogP contribution in [0.5, 0.6) is 0 Å². The molecule has 1 aromatic heterocycles. The summed E-state index contributed by atoms with van der Waals surface area (Å²) in [7, 11) is 0. The maximum absolute atomic E-state index is 12.4. The Morgan fingerprint density at radius 3 is 2.72 bits per heavy atom. The van der Waals surface area contributed by atoms with Gasteiger partial charge >= 0.3 is 0 Å². The van der Waals surface area contributed by atoms with E-state index >= 15 is 0 Å². The SMILES string of the molecule is O=C(Cn1nnc(-c2ccc(Br)cc2)n1)Nc1cccc(CN2CCSCC2)c1. The van der Waals surface area contributed by atoms with Crippen molar-refractivity contribution < 1.29 is 4.79 Å². The van der Waals surface area contributed by atoms with E-state index in [1.54, 1.807) is 0 Å². The second-order valence-corrected chi connectivity index (χ2v) is 8.93. The monoisotopic (exact) mass is 472 g/mol. The summed E-state index contributed by atoms with van der Waals surface area (Å²) in [6.45, 7) is 3.14. The lowest BCUT2D eigenvalue weighted by Crippen LogP contribution is -2.31. The highest BCUT2D eigenvalue weighted by Gasteiger charge is 2.12. The fourth-order valence-corrected chi connectivity index (χ4v) is 4.36. The average molecular weight is 473 g/mol. The molecule has 2 heterocycles. The smallest absolute Gasteiger partial charge is 0.248 e. The molecule has 0 aliphatic carbocycles. The summed E-state index contributed by atoms with van der Waals surface area (Å²) >= 11 is 5.40. The molecule has 9 heteroatoms. The Bertz CT molecular complexity index is 971. The summed E-state index contributed by atoms with van der Waals surface area (Å²) in [5, 5.41) is 15.2. The predicted octanol–water partition coefficient (Wildman–Crippen LogP) is 3.29. The lowest BCUT2D eigenvalue weighted by Gasteiger charge is -2.26. The number of hydrogen-bond donors (Lipinski definition) is 1. The van der Waals surface area contributed by atoms with Crippen molar-refractivity contribution in [1.82, 2.24) is 25.1 Å². The van der Waals surface area contributed by atoms with Crippen LogP contribution in [0.25, 0.3) is 11.4 Å². The molecule has 4 rings (SSSR count). The molecular formula is C20H21BrN6OS. The van der Waals surface area contributed by atoms with Crippen LogP contribution in [0.15, 0.2) is 53.0 Å². The zero-order chi connectivity index (χ0) is 20.1. The molecule has 1 saturated heterocycles. The summed E-state index contributed by atoms with van der Waals surface area (Å²) < 4.78 is 0.981. The van der Waals surface area contributed by atoms with E-state index in [4.69, 9.17) is 0 Å². The van der Waals surface area contributed by atoms with Gasteiger partial charge in [-0.05, 0) is 47.2 Å². The van der Waals surface area contributed by atoms with Gasteiger partial charge < -0.3 is 5.32 Å². The summed E-state index contributed by atoms with van der Waals surface area (Å²) in [5.74, 6) is 2.68. The van der Waals surface area contributed by atoms with Crippen molar-refractivity contribution in [2.75, 3.05) is 29.9 Å². The molecule has 29 heavy (non-hydrogen) atoms. The molecule has 0 radical (unpaired) electrons. The number of carbonyl (C=O) groups is 1. The van der Waals surface area contributed by atoms with Crippen molar-refractivity contribution in [2.45, 2.75) is 13.1 Å². The highest BCUT2D eigenvalue weighted by atomic mass is 79.9. The standard InChI is InChI=1S/C20H21BrN6OS/c21-17-6-4-16(5-7-17)20-23-25-27(24-20)14-19(28)22-18-3-1-2-15(12-18)13-26-8-10-29-11-9-26/h1-7,12H,8-11,13-14H2,(H,22,28). The highest BCUT2D eigenvalue weighted by Crippen LogP contribution is 2.18. The zero-order valence-corrected chi connectivity index (χ0v) is 18.2. The van der Waals surface area contributed by atoms with Crippen LogP contribution in [-0.4, -0.2) is 55.6 Å². The Labute approximate surface area is 182 Å². The minimum Gasteiger partial charge on any atom is -0.324 e. The largest absolute Gasteiger partial charge is 0.324 e. The highest BCUT2D eigenvalue weighted by molar-refractivity contribution is 9.10. The van der Waals surface area contributed by atoms with Crippen LogP contribution < -0.4 is 5.32 Å². The van der Waals surface area contributed by atoms with Crippen molar-refractivity contribution >= 4 is 39.3 Å². The van der Waals surface area contributed by atoms with Gasteiger partial charge in [0.05, 0.1) is 0 Å². The molecule has 1 aliphatic heterocycles. The van der Waals surface area contributed by atoms with Gasteiger partial charge in [-0.15, -0.1) is 10.2 Å². The van der Waals surface area contributed by atoms with Gasteiger partial charge in [0.2, 0.25) is 11.7 Å². The summed E-state index contributed by atoms with van der Waals surface area (Å²) in [5.41, 5.74) is 2.84. The van der Waals surface area contributed by atoms with E-state index in [2.05, 4.69) is 47.6 Å². The van der Waals surface area contributed by atoms with Gasteiger partial charge in [0, 0.05) is 46.9 Å². The van der Waals surface area contributed by atoms with Crippen molar-refractivity contribution in [3.05, 3.63) is 58.6 Å². The lowest BCUT2D eigenvalue weighted by atomic mass is 10.2. The van der Waals surface area contributed by atoms with E-state index in [1.807, 2.05) is 54.2 Å². The number of carbonyl (C=O) groups excluding carboxylic acids is 1. The molecule has 0 saturated carbocycles. The Balaban J connectivity index is 1.35. The van der Waals surface area contributed by atoms with Crippen molar-refractivity contribution in [3.63, 3.8) is 0 Å². The Morgan fingerprint density at radius 2 is 1.93 bits per heavy atom. The number of aromatic nitrogens is 4. The van der Waals surface area contributed by atoms with Gasteiger partial charge in [0.1, 0.15) is 6.54 Å². The minimum absolute atomic E-state index is 0.0110. The number of benzene rings is 2. The number of rotatable bonds is 6. The summed E-state index contributed by atoms with van der Waals surface area (Å²) in [6.07, 6.45) is 0. The third kappa shape index (κ3) is 5.65. The molecule has 0 spiro atoms. The molecule has 1 fully saturated rings. The number of amides is 1. The van der Waals surface area contributed by atoms with Crippen LogP contribution in [0, 0.1) is 0 Å². The van der Waals surface area contributed by atoms with Gasteiger partial charge in [-0.25, -0.2) is 0 Å². The lowest BCUT2D eigenvalue weighted by molar-refractivity contribution is -0.117. The number of nitrogens with one attached hydrogen (secondary N) is 1. The first-order valence-corrected chi connectivity index (χ1v) is 11.3. The van der Waals surface area contributed by atoms with Crippen LogP contribution >= 0.6 is 27.7 Å². The molecule has 2 aromatic carbocycles. The molecule has 1 N–H and O–H groups in total. The number of thioether (sulfide) groups is 1. The fraction of sp³-hybridized carbons (Fsp3) is 0.300. The molecular weight excluding hydrogens is 452 g/mol. The van der Waals surface area contributed by atoms with Crippen LogP contribution in [0.3, 0.4) is 0 Å². The molecule has 1 amide bonds. The third-order valence-corrected chi connectivity index (χ3v) is 6.03. The molecule has 3 aromatic rings. The van der Waals surface area contributed by atoms with Gasteiger partial charge in [0.15, 0.2) is 0 Å². The summed E-state index contributed by atoms with van der Waals surface area (Å²) in [6, 6.07) is 15.6. The van der Waals surface area contributed by atoms with Crippen LogP contribution in [0.1, 0.15) is 5.56 Å². The van der Waals surface area contributed by atoms with E-state index in [0.29, 0.717) is 5.82 Å². The van der Waals surface area contributed by atoms with Gasteiger partial charge in [-0.1, -0.05) is 28.1 Å². The second-order valence-electron chi connectivity index (χ2n) is 6.79. The normalized spacial score (nSPS) is 14.7. The number of nitrogens with zero attached hydrogens (tertiary/aromatic N) is 5. The first kappa shape index (κ1) is 20.1. The van der Waals surface area contributed by atoms with E-state index in [9.17, 15) is 4.79 Å². The molecule has 0 bridgehead atoms. The second kappa shape index (κ2) is 9.51. The Morgan fingerprint density at radius 1 is 1.14 bits per heavy atom. The third-order valence-electron chi connectivity index (χ3n) is 4.56. The van der Waals surface area contributed by atoms with Gasteiger partial charge in [-0.3, -0.25) is 9.69 Å². The van der Waals surface area contributed by atoms with E-state index < -0.39 is 0 Å². The predicted molar refractivity (Wildman–Crippen MR) is 119 cm³/mol. The van der Waals surface area contributed by atoms with E-state index in [-0.39, 0.29) is 12.5 Å². The Kier molecular flexibility index (Phi) is 6.58. The molecule has 7 nitrogen and oxygen atoms in total. The number of halogens is 1. The maximum atomic E-state index is 12.4. The quantitative estimate of drug-likeness (QED) is 0.592. The number of anilines is 1. The molecule has 0 atom stereocenters. The topological polar surface area (TPSA) is 75.9 Å². The molecule has 1 aliphatic rings. The van der Waals surface area contributed by atoms with Crippen molar-refractivity contribution in [1.29, 1.82) is 0 Å². The minimum atomic E-state index is -0.184. The first-order valence-electron chi connectivity index (χ1n) is 9.38. The van der Waals surface area contributed by atoms with E-state index in [0.717, 1.165) is 35.4 Å². The number of tetrazole rings is 1. The first-order chi connectivity index (χ1) is 14.2. The van der Waals surface area contributed by atoms with Crippen LogP contribution in [0.2, 0.25) is 0 Å². The molecule has 0 unspecified atom stereocenters. The van der Waals surface area contributed by atoms with Gasteiger partial charge in [-0.2, -0.15) is 16.6 Å². The van der Waals surface area contributed by atoms with E-state index in [1.165, 1.54) is 21.9 Å². The Hall–Kier alpha value is -2.23. The fourth-order valence-electron chi connectivity index (χ4n) is 3.12. The summed E-state index contributed by atoms with van der Waals surface area (Å²) in [4.78, 5) is 16.2. The van der Waals surface area contributed by atoms with Gasteiger partial charge in [0.25, 0.3) is 0 Å². The average Bonchev–Trinajstić information content (AvgIpc) is 3.18. The van der Waals surface area contributed by atoms with Crippen LogP contribution in [-0.2, 0) is 17.9 Å². The molecule has 150 valence electrons. The maximum Gasteiger partial charge on any atom is 0.248 e.